The second-order valence-corrected chi connectivity index (χ2v) is 4.02. The third-order valence-electron chi connectivity index (χ3n) is 2.60. The molecule has 3 N–H and O–H groups in total. The maximum Gasteiger partial charge on any atom is 0.292 e. The molecule has 0 saturated carbocycles. The Hall–Kier alpha value is -2.21. The summed E-state index contributed by atoms with van der Waals surface area (Å²) < 4.78 is 5.07. The highest BCUT2D eigenvalue weighted by Gasteiger charge is 2.14. The molecule has 0 aliphatic heterocycles. The van der Waals surface area contributed by atoms with Crippen LogP contribution in [0.2, 0.25) is 0 Å². The van der Waals surface area contributed by atoms with E-state index >= 15 is 0 Å². The van der Waals surface area contributed by atoms with Crippen LogP contribution in [0.3, 0.4) is 0 Å². The van der Waals surface area contributed by atoms with Gasteiger partial charge in [0, 0.05) is 12.1 Å². The Labute approximate surface area is 111 Å². The molecule has 0 radical (unpaired) electrons. The predicted molar refractivity (Wildman–Crippen MR) is 70.5 cm³/mol. The Morgan fingerprint density at radius 2 is 2.11 bits per heavy atom. The molecule has 1 amide bonds. The molecular formula is C13H16N4O2. The second-order valence-electron chi connectivity index (χ2n) is 4.02. The van der Waals surface area contributed by atoms with Crippen LogP contribution in [0.25, 0.3) is 11.5 Å². The van der Waals surface area contributed by atoms with Crippen LogP contribution in [-0.2, 0) is 6.42 Å². The van der Waals surface area contributed by atoms with Crippen LogP contribution < -0.4 is 11.1 Å². The van der Waals surface area contributed by atoms with Gasteiger partial charge < -0.3 is 15.6 Å². The van der Waals surface area contributed by atoms with Crippen molar-refractivity contribution in [2.24, 2.45) is 5.73 Å². The lowest BCUT2D eigenvalue weighted by molar-refractivity contribution is 0.0942. The number of benzene rings is 1. The van der Waals surface area contributed by atoms with Gasteiger partial charge in [-0.25, -0.2) is 0 Å². The number of hydrogen-bond acceptors (Lipinski definition) is 5. The van der Waals surface area contributed by atoms with E-state index in [1.807, 2.05) is 31.2 Å². The fourth-order valence-electron chi connectivity index (χ4n) is 1.65. The number of nitrogens with one attached hydrogen (secondary N) is 1. The number of hydrogen-bond donors (Lipinski definition) is 2. The molecule has 2 rings (SSSR count). The molecule has 0 saturated heterocycles. The fourth-order valence-corrected chi connectivity index (χ4v) is 1.65. The average molecular weight is 260 g/mol. The van der Waals surface area contributed by atoms with Gasteiger partial charge in [0.25, 0.3) is 17.6 Å². The first kappa shape index (κ1) is 13.2. The molecule has 0 aliphatic rings. The summed E-state index contributed by atoms with van der Waals surface area (Å²) in [5.74, 6) is 0.0423. The molecule has 100 valence electrons. The lowest BCUT2D eigenvalue weighted by Crippen LogP contribution is -2.23. The van der Waals surface area contributed by atoms with E-state index in [0.29, 0.717) is 19.0 Å². The van der Waals surface area contributed by atoms with Gasteiger partial charge in [-0.05, 0) is 37.6 Å². The normalized spacial score (nSPS) is 10.4. The van der Waals surface area contributed by atoms with Crippen molar-refractivity contribution in [3.63, 3.8) is 0 Å². The summed E-state index contributed by atoms with van der Waals surface area (Å²) in [4.78, 5) is 15.6. The van der Waals surface area contributed by atoms with Gasteiger partial charge in [-0.15, -0.1) is 0 Å². The quantitative estimate of drug-likeness (QED) is 0.836. The minimum Gasteiger partial charge on any atom is -0.349 e. The van der Waals surface area contributed by atoms with Crippen LogP contribution in [0, 0.1) is 0 Å². The van der Waals surface area contributed by atoms with Crippen molar-refractivity contribution in [2.45, 2.75) is 13.3 Å². The van der Waals surface area contributed by atoms with Gasteiger partial charge in [0.1, 0.15) is 0 Å². The summed E-state index contributed by atoms with van der Waals surface area (Å²) in [6.07, 6.45) is 0.828. The molecule has 0 aliphatic carbocycles. The summed E-state index contributed by atoms with van der Waals surface area (Å²) in [7, 11) is 0. The third-order valence-corrected chi connectivity index (χ3v) is 2.60. The molecule has 1 aromatic heterocycles. The summed E-state index contributed by atoms with van der Waals surface area (Å²) in [6.45, 7) is 2.97. The number of rotatable bonds is 5. The van der Waals surface area contributed by atoms with E-state index in [2.05, 4.69) is 15.5 Å². The molecule has 6 nitrogen and oxygen atoms in total. The van der Waals surface area contributed by atoms with Crippen molar-refractivity contribution in [3.05, 3.63) is 35.7 Å². The van der Waals surface area contributed by atoms with Gasteiger partial charge in [-0.2, -0.15) is 4.98 Å². The van der Waals surface area contributed by atoms with Crippen molar-refractivity contribution in [3.8, 4) is 11.5 Å². The molecule has 0 fully saturated rings. The SMILES string of the molecule is CCNC(=O)c1noc(-c2ccc(CCN)cc2)n1. The molecule has 0 bridgehead atoms. The van der Waals surface area contributed by atoms with Crippen molar-refractivity contribution < 1.29 is 9.32 Å². The topological polar surface area (TPSA) is 94.0 Å². The van der Waals surface area contributed by atoms with E-state index in [9.17, 15) is 4.79 Å². The second kappa shape index (κ2) is 6.10. The Bertz CT molecular complexity index is 548. The predicted octanol–water partition coefficient (Wildman–Crippen LogP) is 0.988. The van der Waals surface area contributed by atoms with Crippen molar-refractivity contribution >= 4 is 5.91 Å². The highest BCUT2D eigenvalue weighted by atomic mass is 16.5. The maximum absolute atomic E-state index is 11.5. The average Bonchev–Trinajstić information content (AvgIpc) is 2.90. The largest absolute Gasteiger partial charge is 0.349 e. The van der Waals surface area contributed by atoms with E-state index in [-0.39, 0.29) is 11.7 Å². The Morgan fingerprint density at radius 3 is 2.74 bits per heavy atom. The summed E-state index contributed by atoms with van der Waals surface area (Å²) in [6, 6.07) is 7.66. The number of amides is 1. The van der Waals surface area contributed by atoms with E-state index < -0.39 is 0 Å². The number of nitrogens with two attached hydrogens (primary N) is 1. The molecule has 0 spiro atoms. The molecule has 1 heterocycles. The highest BCUT2D eigenvalue weighted by molar-refractivity contribution is 5.90. The Kier molecular flexibility index (Phi) is 4.25. The molecule has 6 heteroatoms. The molecule has 0 unspecified atom stereocenters. The van der Waals surface area contributed by atoms with Crippen molar-refractivity contribution in [1.82, 2.24) is 15.5 Å². The number of carbonyl (C=O) groups excluding carboxylic acids is 1. The summed E-state index contributed by atoms with van der Waals surface area (Å²) in [5.41, 5.74) is 7.42. The summed E-state index contributed by atoms with van der Waals surface area (Å²) >= 11 is 0. The van der Waals surface area contributed by atoms with Gasteiger partial charge in [0.2, 0.25) is 0 Å². The molecule has 2 aromatic rings. The van der Waals surface area contributed by atoms with E-state index in [0.717, 1.165) is 17.5 Å². The zero-order valence-corrected chi connectivity index (χ0v) is 10.7. The van der Waals surface area contributed by atoms with Crippen LogP contribution in [0.4, 0.5) is 0 Å². The summed E-state index contributed by atoms with van der Waals surface area (Å²) in [5, 5.41) is 6.27. The lowest BCUT2D eigenvalue weighted by Gasteiger charge is -1.99. The molecule has 1 aromatic carbocycles. The van der Waals surface area contributed by atoms with Gasteiger partial charge in [-0.3, -0.25) is 4.79 Å². The smallest absolute Gasteiger partial charge is 0.292 e. The standard InChI is InChI=1S/C13H16N4O2/c1-2-15-12(18)11-16-13(19-17-11)10-5-3-9(4-6-10)7-8-14/h3-6H,2,7-8,14H2,1H3,(H,15,18). The minimum atomic E-state index is -0.336. The van der Waals surface area contributed by atoms with Gasteiger partial charge in [0.05, 0.1) is 0 Å². The number of nitrogens with zero attached hydrogens (tertiary/aromatic N) is 2. The third kappa shape index (κ3) is 3.17. The first-order valence-electron chi connectivity index (χ1n) is 6.16. The minimum absolute atomic E-state index is 0.0443. The fraction of sp³-hybridized carbons (Fsp3) is 0.308. The van der Waals surface area contributed by atoms with Crippen LogP contribution in [-0.4, -0.2) is 29.1 Å². The van der Waals surface area contributed by atoms with Crippen molar-refractivity contribution in [2.75, 3.05) is 13.1 Å². The lowest BCUT2D eigenvalue weighted by atomic mass is 10.1. The van der Waals surface area contributed by atoms with Gasteiger partial charge >= 0.3 is 0 Å². The highest BCUT2D eigenvalue weighted by Crippen LogP contribution is 2.17. The zero-order chi connectivity index (χ0) is 13.7. The van der Waals surface area contributed by atoms with Crippen molar-refractivity contribution in [1.29, 1.82) is 0 Å². The van der Waals surface area contributed by atoms with Crippen LogP contribution in [0.5, 0.6) is 0 Å². The first-order valence-corrected chi connectivity index (χ1v) is 6.16. The first-order chi connectivity index (χ1) is 9.24. The van der Waals surface area contributed by atoms with Crippen LogP contribution in [0.15, 0.2) is 28.8 Å². The molecule has 19 heavy (non-hydrogen) atoms. The van der Waals surface area contributed by atoms with E-state index in [1.165, 1.54) is 0 Å². The Morgan fingerprint density at radius 1 is 1.37 bits per heavy atom. The zero-order valence-electron chi connectivity index (χ0n) is 10.7. The van der Waals surface area contributed by atoms with Crippen LogP contribution in [0.1, 0.15) is 23.1 Å². The van der Waals surface area contributed by atoms with Gasteiger partial charge in [0.15, 0.2) is 0 Å². The van der Waals surface area contributed by atoms with E-state index in [1.54, 1.807) is 0 Å². The number of aromatic nitrogens is 2. The van der Waals surface area contributed by atoms with Crippen LogP contribution >= 0.6 is 0 Å². The number of carbonyl (C=O) groups is 1. The maximum atomic E-state index is 11.5. The molecular weight excluding hydrogens is 244 g/mol. The monoisotopic (exact) mass is 260 g/mol. The van der Waals surface area contributed by atoms with E-state index in [4.69, 9.17) is 10.3 Å². The van der Waals surface area contributed by atoms with Gasteiger partial charge in [-0.1, -0.05) is 17.3 Å². The molecule has 0 atom stereocenters. The Balaban J connectivity index is 2.15.